The first-order valence-corrected chi connectivity index (χ1v) is 9.82. The molecule has 0 N–H and O–H groups in total. The topological polar surface area (TPSA) is 58.6 Å². The van der Waals surface area contributed by atoms with Gasteiger partial charge in [0.1, 0.15) is 6.10 Å². The number of ether oxygens (including phenoxy) is 1. The van der Waals surface area contributed by atoms with E-state index in [-0.39, 0.29) is 12.0 Å². The zero-order valence-electron chi connectivity index (χ0n) is 15.3. The Hall–Kier alpha value is -2.47. The van der Waals surface area contributed by atoms with E-state index < -0.39 is 0 Å². The van der Waals surface area contributed by atoms with E-state index in [9.17, 15) is 4.79 Å². The first-order valence-electron chi connectivity index (χ1n) is 9.82. The fourth-order valence-electron chi connectivity index (χ4n) is 4.59. The predicted octanol–water partition coefficient (Wildman–Crippen LogP) is 2.22. The van der Waals surface area contributed by atoms with Crippen LogP contribution in [0.15, 0.2) is 42.5 Å². The third kappa shape index (κ3) is 3.18. The molecule has 5 rings (SSSR count). The van der Waals surface area contributed by atoms with Crippen molar-refractivity contribution in [3.63, 3.8) is 0 Å². The van der Waals surface area contributed by atoms with E-state index in [0.29, 0.717) is 11.8 Å². The number of carbonyl (C=O) groups is 1. The minimum Gasteiger partial charge on any atom is -0.368 e. The second-order valence-corrected chi connectivity index (χ2v) is 7.81. The van der Waals surface area contributed by atoms with Gasteiger partial charge in [0.2, 0.25) is 0 Å². The van der Waals surface area contributed by atoms with E-state index in [0.717, 1.165) is 62.7 Å². The fourth-order valence-corrected chi connectivity index (χ4v) is 4.59. The van der Waals surface area contributed by atoms with Crippen LogP contribution in [0.5, 0.6) is 0 Å². The van der Waals surface area contributed by atoms with Crippen LogP contribution in [0, 0.1) is 11.8 Å². The van der Waals surface area contributed by atoms with Crippen molar-refractivity contribution in [2.45, 2.75) is 18.9 Å². The Balaban J connectivity index is 1.22. The SMILES string of the molecule is O=C(C1CCCO1)N1CC2CN(c3ccc(-c4ccccc4)nn3)CC2C1. The molecule has 1 aromatic carbocycles. The zero-order chi connectivity index (χ0) is 18.2. The normalized spacial score (nSPS) is 27.2. The average molecular weight is 364 g/mol. The Bertz CT molecular complexity index is 791. The molecule has 0 bridgehead atoms. The third-order valence-electron chi connectivity index (χ3n) is 6.05. The standard InChI is InChI=1S/C21H24N4O2/c26-21(19-7-4-10-27-19)25-13-16-11-24(12-17(16)14-25)20-9-8-18(22-23-20)15-5-2-1-3-6-15/h1-3,5-6,8-9,16-17,19H,4,7,10-14H2. The minimum atomic E-state index is -0.198. The second kappa shape index (κ2) is 6.93. The van der Waals surface area contributed by atoms with Gasteiger partial charge in [-0.3, -0.25) is 4.79 Å². The van der Waals surface area contributed by atoms with Crippen LogP contribution in [0.4, 0.5) is 5.82 Å². The summed E-state index contributed by atoms with van der Waals surface area (Å²) in [7, 11) is 0. The van der Waals surface area contributed by atoms with Gasteiger partial charge in [0, 0.05) is 50.2 Å². The van der Waals surface area contributed by atoms with Gasteiger partial charge in [0.25, 0.3) is 5.91 Å². The monoisotopic (exact) mass is 364 g/mol. The molecule has 3 aliphatic heterocycles. The largest absolute Gasteiger partial charge is 0.368 e. The maximum atomic E-state index is 12.6. The minimum absolute atomic E-state index is 0.195. The first kappa shape index (κ1) is 16.7. The van der Waals surface area contributed by atoms with Gasteiger partial charge in [-0.1, -0.05) is 30.3 Å². The van der Waals surface area contributed by atoms with Gasteiger partial charge in [-0.25, -0.2) is 0 Å². The van der Waals surface area contributed by atoms with Crippen molar-refractivity contribution in [2.24, 2.45) is 11.8 Å². The van der Waals surface area contributed by atoms with Gasteiger partial charge in [0.05, 0.1) is 5.69 Å². The molecule has 0 saturated carbocycles. The number of likely N-dealkylation sites (tertiary alicyclic amines) is 1. The lowest BCUT2D eigenvalue weighted by atomic mass is 10.0. The van der Waals surface area contributed by atoms with E-state index in [1.807, 2.05) is 41.3 Å². The van der Waals surface area contributed by atoms with Gasteiger partial charge in [-0.2, -0.15) is 0 Å². The number of amides is 1. The van der Waals surface area contributed by atoms with Gasteiger partial charge in [-0.05, 0) is 25.0 Å². The molecule has 27 heavy (non-hydrogen) atoms. The van der Waals surface area contributed by atoms with E-state index >= 15 is 0 Å². The van der Waals surface area contributed by atoms with Crippen molar-refractivity contribution in [2.75, 3.05) is 37.7 Å². The first-order chi connectivity index (χ1) is 13.3. The molecular weight excluding hydrogens is 340 g/mol. The van der Waals surface area contributed by atoms with Crippen molar-refractivity contribution >= 4 is 11.7 Å². The molecule has 6 nitrogen and oxygen atoms in total. The Morgan fingerprint density at radius 1 is 0.963 bits per heavy atom. The second-order valence-electron chi connectivity index (χ2n) is 7.81. The molecular formula is C21H24N4O2. The maximum Gasteiger partial charge on any atom is 0.251 e. The van der Waals surface area contributed by atoms with Crippen molar-refractivity contribution in [3.8, 4) is 11.3 Å². The molecule has 3 fully saturated rings. The maximum absolute atomic E-state index is 12.6. The highest BCUT2D eigenvalue weighted by Gasteiger charge is 2.43. The average Bonchev–Trinajstić information content (AvgIpc) is 3.44. The number of nitrogens with zero attached hydrogens (tertiary/aromatic N) is 4. The number of carbonyl (C=O) groups excluding carboxylic acids is 1. The highest BCUT2D eigenvalue weighted by atomic mass is 16.5. The Kier molecular flexibility index (Phi) is 4.28. The molecule has 6 heteroatoms. The summed E-state index contributed by atoms with van der Waals surface area (Å²) in [6, 6.07) is 14.2. The van der Waals surface area contributed by atoms with E-state index in [1.54, 1.807) is 0 Å². The number of anilines is 1. The molecule has 0 radical (unpaired) electrons. The lowest BCUT2D eigenvalue weighted by Crippen LogP contribution is -2.39. The van der Waals surface area contributed by atoms with E-state index in [4.69, 9.17) is 4.74 Å². The Labute approximate surface area is 159 Å². The quantitative estimate of drug-likeness (QED) is 0.836. The third-order valence-corrected chi connectivity index (χ3v) is 6.05. The van der Waals surface area contributed by atoms with Crippen LogP contribution in [-0.4, -0.2) is 59.9 Å². The number of rotatable bonds is 3. The van der Waals surface area contributed by atoms with Crippen LogP contribution in [-0.2, 0) is 9.53 Å². The van der Waals surface area contributed by atoms with Crippen LogP contribution >= 0.6 is 0 Å². The number of aromatic nitrogens is 2. The van der Waals surface area contributed by atoms with Crippen molar-refractivity contribution in [1.82, 2.24) is 15.1 Å². The zero-order valence-corrected chi connectivity index (χ0v) is 15.3. The number of hydrogen-bond acceptors (Lipinski definition) is 5. The van der Waals surface area contributed by atoms with Crippen LogP contribution in [0.3, 0.4) is 0 Å². The van der Waals surface area contributed by atoms with Crippen LogP contribution in [0.25, 0.3) is 11.3 Å². The van der Waals surface area contributed by atoms with E-state index in [2.05, 4.69) is 21.2 Å². The van der Waals surface area contributed by atoms with Crippen molar-refractivity contribution < 1.29 is 9.53 Å². The molecule has 0 aliphatic carbocycles. The molecule has 1 amide bonds. The highest BCUT2D eigenvalue weighted by molar-refractivity contribution is 5.81. The number of benzene rings is 1. The van der Waals surface area contributed by atoms with Crippen molar-refractivity contribution in [3.05, 3.63) is 42.5 Å². The molecule has 3 unspecified atom stereocenters. The summed E-state index contributed by atoms with van der Waals surface area (Å²) >= 11 is 0. The smallest absolute Gasteiger partial charge is 0.251 e. The summed E-state index contributed by atoms with van der Waals surface area (Å²) in [5, 5.41) is 8.87. The summed E-state index contributed by atoms with van der Waals surface area (Å²) in [4.78, 5) is 16.9. The molecule has 4 heterocycles. The summed E-state index contributed by atoms with van der Waals surface area (Å²) in [5.74, 6) is 2.17. The summed E-state index contributed by atoms with van der Waals surface area (Å²) in [6.45, 7) is 4.30. The predicted molar refractivity (Wildman–Crippen MR) is 102 cm³/mol. The number of fused-ring (bicyclic) bond motifs is 1. The van der Waals surface area contributed by atoms with Gasteiger partial charge >= 0.3 is 0 Å². The highest BCUT2D eigenvalue weighted by Crippen LogP contribution is 2.34. The molecule has 3 saturated heterocycles. The van der Waals surface area contributed by atoms with Crippen LogP contribution in [0.2, 0.25) is 0 Å². The van der Waals surface area contributed by atoms with Crippen molar-refractivity contribution in [1.29, 1.82) is 0 Å². The summed E-state index contributed by atoms with van der Waals surface area (Å²) in [6.07, 6.45) is 1.68. The van der Waals surface area contributed by atoms with Crippen LogP contribution in [0.1, 0.15) is 12.8 Å². The molecule has 0 spiro atoms. The lowest BCUT2D eigenvalue weighted by molar-refractivity contribution is -0.140. The van der Waals surface area contributed by atoms with E-state index in [1.165, 1.54) is 0 Å². The Morgan fingerprint density at radius 3 is 2.37 bits per heavy atom. The van der Waals surface area contributed by atoms with Gasteiger partial charge < -0.3 is 14.5 Å². The summed E-state index contributed by atoms with van der Waals surface area (Å²) < 4.78 is 5.57. The summed E-state index contributed by atoms with van der Waals surface area (Å²) in [5.41, 5.74) is 1.98. The van der Waals surface area contributed by atoms with Crippen LogP contribution < -0.4 is 4.90 Å². The molecule has 3 atom stereocenters. The number of hydrogen-bond donors (Lipinski definition) is 0. The molecule has 2 aromatic rings. The van der Waals surface area contributed by atoms with Gasteiger partial charge in [-0.15, -0.1) is 10.2 Å². The lowest BCUT2D eigenvalue weighted by Gasteiger charge is -2.24. The molecule has 3 aliphatic rings. The fraction of sp³-hybridized carbons (Fsp3) is 0.476. The van der Waals surface area contributed by atoms with Gasteiger partial charge in [0.15, 0.2) is 5.82 Å². The Morgan fingerprint density at radius 2 is 1.74 bits per heavy atom. The molecule has 1 aromatic heterocycles. The molecule has 140 valence electrons.